The van der Waals surface area contributed by atoms with E-state index in [1.54, 1.807) is 0 Å². The van der Waals surface area contributed by atoms with E-state index in [0.29, 0.717) is 5.82 Å². The molecule has 2 nitrogen and oxygen atoms in total. The van der Waals surface area contributed by atoms with E-state index < -0.39 is 11.7 Å². The predicted octanol–water partition coefficient (Wildman–Crippen LogP) is 4.74. The quantitative estimate of drug-likeness (QED) is 0.847. The number of nitrogens with zero attached hydrogens (tertiary/aromatic N) is 1. The fourth-order valence-electron chi connectivity index (χ4n) is 1.98. The van der Waals surface area contributed by atoms with E-state index in [9.17, 15) is 13.2 Å². The van der Waals surface area contributed by atoms with Gasteiger partial charge in [0.25, 0.3) is 0 Å². The summed E-state index contributed by atoms with van der Waals surface area (Å²) in [6, 6.07) is 1.13. The van der Waals surface area contributed by atoms with Crippen LogP contribution in [0.5, 0.6) is 0 Å². The largest absolute Gasteiger partial charge is 0.417 e. The minimum absolute atomic E-state index is 0.0177. The van der Waals surface area contributed by atoms with Gasteiger partial charge in [-0.2, -0.15) is 13.2 Å². The van der Waals surface area contributed by atoms with Crippen LogP contribution in [-0.2, 0) is 6.18 Å². The van der Waals surface area contributed by atoms with Gasteiger partial charge in [0.05, 0.1) is 10.6 Å². The van der Waals surface area contributed by atoms with Gasteiger partial charge >= 0.3 is 6.18 Å². The SMILES string of the molecule is CCC(CC1CC1)Nc1ncc(C(F)(F)F)cc1Cl. The lowest BCUT2D eigenvalue weighted by Crippen LogP contribution is -2.20. The zero-order chi connectivity index (χ0) is 14.0. The fourth-order valence-corrected chi connectivity index (χ4v) is 2.20. The molecule has 1 atom stereocenters. The number of halogens is 4. The zero-order valence-corrected chi connectivity index (χ0v) is 11.4. The van der Waals surface area contributed by atoms with Crippen LogP contribution in [0.2, 0.25) is 5.02 Å². The molecule has 1 aliphatic carbocycles. The Hall–Kier alpha value is -0.970. The summed E-state index contributed by atoms with van der Waals surface area (Å²) < 4.78 is 37.5. The van der Waals surface area contributed by atoms with Gasteiger partial charge in [-0.1, -0.05) is 31.4 Å². The molecule has 0 aliphatic heterocycles. The van der Waals surface area contributed by atoms with Crippen molar-refractivity contribution in [2.75, 3.05) is 5.32 Å². The van der Waals surface area contributed by atoms with Gasteiger partial charge in [0.2, 0.25) is 0 Å². The second kappa shape index (κ2) is 5.57. The second-order valence-electron chi connectivity index (χ2n) is 4.98. The Morgan fingerprint density at radius 2 is 2.16 bits per heavy atom. The van der Waals surface area contributed by atoms with Gasteiger partial charge in [-0.15, -0.1) is 0 Å². The lowest BCUT2D eigenvalue weighted by Gasteiger charge is -2.18. The summed E-state index contributed by atoms with van der Waals surface area (Å²) in [7, 11) is 0. The number of nitrogens with one attached hydrogen (secondary N) is 1. The van der Waals surface area contributed by atoms with Crippen LogP contribution in [0.1, 0.15) is 38.2 Å². The lowest BCUT2D eigenvalue weighted by molar-refractivity contribution is -0.137. The third-order valence-electron chi connectivity index (χ3n) is 3.32. The maximum Gasteiger partial charge on any atom is 0.417 e. The van der Waals surface area contributed by atoms with Crippen LogP contribution in [0, 0.1) is 5.92 Å². The van der Waals surface area contributed by atoms with E-state index in [1.807, 2.05) is 6.92 Å². The Kier molecular flexibility index (Phi) is 4.23. The van der Waals surface area contributed by atoms with Gasteiger partial charge in [-0.25, -0.2) is 4.98 Å². The number of hydrogen-bond donors (Lipinski definition) is 1. The predicted molar refractivity (Wildman–Crippen MR) is 69.3 cm³/mol. The van der Waals surface area contributed by atoms with Gasteiger partial charge < -0.3 is 5.32 Å². The topological polar surface area (TPSA) is 24.9 Å². The first-order valence-corrected chi connectivity index (χ1v) is 6.77. The van der Waals surface area contributed by atoms with E-state index in [2.05, 4.69) is 10.3 Å². The highest BCUT2D eigenvalue weighted by Gasteiger charge is 2.32. The summed E-state index contributed by atoms with van der Waals surface area (Å²) in [6.07, 6.45) is 0.815. The Labute approximate surface area is 115 Å². The Bertz CT molecular complexity index is 444. The Morgan fingerprint density at radius 3 is 2.63 bits per heavy atom. The Balaban J connectivity index is 2.07. The number of anilines is 1. The maximum absolute atomic E-state index is 12.5. The van der Waals surface area contributed by atoms with Crippen molar-refractivity contribution >= 4 is 17.4 Å². The van der Waals surface area contributed by atoms with Crippen LogP contribution >= 0.6 is 11.6 Å². The van der Waals surface area contributed by atoms with Crippen LogP contribution < -0.4 is 5.32 Å². The highest BCUT2D eigenvalue weighted by Crippen LogP contribution is 2.36. The molecule has 6 heteroatoms. The number of pyridine rings is 1. The first kappa shape index (κ1) is 14.4. The van der Waals surface area contributed by atoms with Crippen molar-refractivity contribution in [2.45, 2.75) is 44.8 Å². The fraction of sp³-hybridized carbons (Fsp3) is 0.615. The van der Waals surface area contributed by atoms with Crippen LogP contribution in [-0.4, -0.2) is 11.0 Å². The average Bonchev–Trinajstić information content (AvgIpc) is 3.13. The number of rotatable bonds is 5. The minimum atomic E-state index is -4.41. The molecule has 0 bridgehead atoms. The molecule has 1 aromatic rings. The first-order chi connectivity index (χ1) is 8.90. The van der Waals surface area contributed by atoms with Crippen molar-refractivity contribution in [3.63, 3.8) is 0 Å². The second-order valence-corrected chi connectivity index (χ2v) is 5.39. The van der Waals surface area contributed by atoms with E-state index >= 15 is 0 Å². The highest BCUT2D eigenvalue weighted by molar-refractivity contribution is 6.33. The number of alkyl halides is 3. The normalized spacial score (nSPS) is 17.3. The van der Waals surface area contributed by atoms with Gasteiger partial charge in [0, 0.05) is 12.2 Å². The van der Waals surface area contributed by atoms with Crippen LogP contribution in [0.3, 0.4) is 0 Å². The third-order valence-corrected chi connectivity index (χ3v) is 3.61. The molecule has 1 aromatic heterocycles. The number of aromatic nitrogens is 1. The molecule has 19 heavy (non-hydrogen) atoms. The number of hydrogen-bond acceptors (Lipinski definition) is 2. The van der Waals surface area contributed by atoms with Crippen LogP contribution in [0.4, 0.5) is 19.0 Å². The molecule has 2 rings (SSSR count). The molecule has 0 spiro atoms. The molecule has 0 radical (unpaired) electrons. The molecule has 1 saturated carbocycles. The lowest BCUT2D eigenvalue weighted by atomic mass is 10.1. The first-order valence-electron chi connectivity index (χ1n) is 6.39. The molecule has 1 fully saturated rings. The molecule has 1 aliphatic rings. The third kappa shape index (κ3) is 4.00. The van der Waals surface area contributed by atoms with Gasteiger partial charge in [-0.05, 0) is 24.8 Å². The van der Waals surface area contributed by atoms with Crippen molar-refractivity contribution in [2.24, 2.45) is 5.92 Å². The van der Waals surface area contributed by atoms with Crippen LogP contribution in [0.15, 0.2) is 12.3 Å². The summed E-state index contributed by atoms with van der Waals surface area (Å²) in [5, 5.41) is 3.15. The summed E-state index contributed by atoms with van der Waals surface area (Å²) in [4.78, 5) is 3.80. The summed E-state index contributed by atoms with van der Waals surface area (Å²) in [5.74, 6) is 1.08. The van der Waals surface area contributed by atoms with E-state index in [4.69, 9.17) is 11.6 Å². The molecule has 1 unspecified atom stereocenters. The van der Waals surface area contributed by atoms with Crippen molar-refractivity contribution in [3.05, 3.63) is 22.8 Å². The van der Waals surface area contributed by atoms with E-state index in [-0.39, 0.29) is 11.1 Å². The molecular formula is C13H16ClF3N2. The van der Waals surface area contributed by atoms with Crippen molar-refractivity contribution < 1.29 is 13.2 Å². The molecule has 0 amide bonds. The van der Waals surface area contributed by atoms with Crippen LogP contribution in [0.25, 0.3) is 0 Å². The van der Waals surface area contributed by atoms with E-state index in [0.717, 1.165) is 31.0 Å². The summed E-state index contributed by atoms with van der Waals surface area (Å²) in [5.41, 5.74) is -0.821. The molecular weight excluding hydrogens is 277 g/mol. The van der Waals surface area contributed by atoms with Crippen molar-refractivity contribution in [1.29, 1.82) is 0 Å². The molecule has 1 heterocycles. The van der Waals surface area contributed by atoms with Gasteiger partial charge in [0.1, 0.15) is 5.82 Å². The van der Waals surface area contributed by atoms with Crippen molar-refractivity contribution in [3.8, 4) is 0 Å². The average molecular weight is 293 g/mol. The molecule has 0 aromatic carbocycles. The summed E-state index contributed by atoms with van der Waals surface area (Å²) >= 11 is 5.86. The zero-order valence-electron chi connectivity index (χ0n) is 10.6. The van der Waals surface area contributed by atoms with Gasteiger partial charge in [0.15, 0.2) is 0 Å². The molecule has 0 saturated heterocycles. The monoisotopic (exact) mass is 292 g/mol. The molecule has 1 N–H and O–H groups in total. The molecule has 106 valence electrons. The van der Waals surface area contributed by atoms with E-state index in [1.165, 1.54) is 12.8 Å². The smallest absolute Gasteiger partial charge is 0.366 e. The maximum atomic E-state index is 12.5. The highest BCUT2D eigenvalue weighted by atomic mass is 35.5. The van der Waals surface area contributed by atoms with Crippen molar-refractivity contribution in [1.82, 2.24) is 4.98 Å². The summed E-state index contributed by atoms with van der Waals surface area (Å²) in [6.45, 7) is 2.04. The minimum Gasteiger partial charge on any atom is -0.366 e. The standard InChI is InChI=1S/C13H16ClF3N2/c1-2-10(5-8-3-4-8)19-12-11(14)6-9(7-18-12)13(15,16)17/h6-8,10H,2-5H2,1H3,(H,18,19). The van der Waals surface area contributed by atoms with Gasteiger partial charge in [-0.3, -0.25) is 0 Å². The Morgan fingerprint density at radius 1 is 1.47 bits per heavy atom.